The third-order valence-electron chi connectivity index (χ3n) is 4.30. The van der Waals surface area contributed by atoms with Gasteiger partial charge in [0.05, 0.1) is 0 Å². The second-order valence-corrected chi connectivity index (χ2v) is 5.07. The summed E-state index contributed by atoms with van der Waals surface area (Å²) in [5, 5.41) is 9.58. The molecule has 1 N–H and O–H groups in total. The second kappa shape index (κ2) is 4.12. The van der Waals surface area contributed by atoms with Crippen molar-refractivity contribution in [1.29, 1.82) is 0 Å². The molecule has 2 rings (SSSR count). The molecule has 0 amide bonds. The normalized spacial score (nSPS) is 38.1. The van der Waals surface area contributed by atoms with Gasteiger partial charge in [0, 0.05) is 0 Å². The molecule has 1 aliphatic carbocycles. The zero-order chi connectivity index (χ0) is 10.9. The van der Waals surface area contributed by atoms with Crippen LogP contribution in [-0.4, -0.2) is 34.6 Å². The SMILES string of the molecule is CC1CCCCC1(C(=O)O)N1CCCC1. The summed E-state index contributed by atoms with van der Waals surface area (Å²) < 4.78 is 0. The van der Waals surface area contributed by atoms with E-state index < -0.39 is 11.5 Å². The Balaban J connectivity index is 2.24. The molecule has 2 atom stereocenters. The molecule has 3 nitrogen and oxygen atoms in total. The van der Waals surface area contributed by atoms with Crippen molar-refractivity contribution in [2.24, 2.45) is 5.92 Å². The van der Waals surface area contributed by atoms with E-state index in [0.29, 0.717) is 5.92 Å². The van der Waals surface area contributed by atoms with Crippen LogP contribution in [0.15, 0.2) is 0 Å². The number of aliphatic carboxylic acids is 1. The van der Waals surface area contributed by atoms with Crippen LogP contribution in [0.25, 0.3) is 0 Å². The molecule has 1 saturated carbocycles. The second-order valence-electron chi connectivity index (χ2n) is 5.07. The van der Waals surface area contributed by atoms with Crippen molar-refractivity contribution < 1.29 is 9.90 Å². The maximum absolute atomic E-state index is 11.6. The molecule has 1 aliphatic heterocycles. The van der Waals surface area contributed by atoms with E-state index in [-0.39, 0.29) is 0 Å². The Morgan fingerprint density at radius 2 is 1.93 bits per heavy atom. The van der Waals surface area contributed by atoms with Gasteiger partial charge in [-0.2, -0.15) is 0 Å². The lowest BCUT2D eigenvalue weighted by atomic mass is 9.72. The number of carboxylic acid groups (broad SMARTS) is 1. The first-order valence-corrected chi connectivity index (χ1v) is 6.16. The first-order chi connectivity index (χ1) is 7.18. The summed E-state index contributed by atoms with van der Waals surface area (Å²) in [4.78, 5) is 13.9. The molecule has 2 unspecified atom stereocenters. The maximum atomic E-state index is 11.6. The largest absolute Gasteiger partial charge is 0.480 e. The van der Waals surface area contributed by atoms with Crippen molar-refractivity contribution >= 4 is 5.97 Å². The zero-order valence-electron chi connectivity index (χ0n) is 9.54. The van der Waals surface area contributed by atoms with Crippen LogP contribution in [0.5, 0.6) is 0 Å². The van der Waals surface area contributed by atoms with E-state index in [4.69, 9.17) is 0 Å². The number of carboxylic acids is 1. The molecule has 1 heterocycles. The lowest BCUT2D eigenvalue weighted by Crippen LogP contribution is -2.59. The van der Waals surface area contributed by atoms with Crippen LogP contribution in [0, 0.1) is 5.92 Å². The molecule has 2 fully saturated rings. The number of hydrogen-bond donors (Lipinski definition) is 1. The minimum Gasteiger partial charge on any atom is -0.480 e. The molecule has 15 heavy (non-hydrogen) atoms. The van der Waals surface area contributed by atoms with Gasteiger partial charge in [0.2, 0.25) is 0 Å². The quantitative estimate of drug-likeness (QED) is 0.760. The van der Waals surface area contributed by atoms with Crippen molar-refractivity contribution in [2.75, 3.05) is 13.1 Å². The van der Waals surface area contributed by atoms with E-state index >= 15 is 0 Å². The highest BCUT2D eigenvalue weighted by molar-refractivity contribution is 5.79. The zero-order valence-corrected chi connectivity index (χ0v) is 9.54. The fourth-order valence-electron chi connectivity index (χ4n) is 3.37. The first kappa shape index (κ1) is 10.9. The Bertz CT molecular complexity index is 248. The summed E-state index contributed by atoms with van der Waals surface area (Å²) in [5.41, 5.74) is -0.533. The van der Waals surface area contributed by atoms with Gasteiger partial charge in [-0.25, -0.2) is 0 Å². The van der Waals surface area contributed by atoms with Crippen LogP contribution in [0.2, 0.25) is 0 Å². The summed E-state index contributed by atoms with van der Waals surface area (Å²) in [6.07, 6.45) is 6.53. The molecule has 0 aromatic rings. The third kappa shape index (κ3) is 1.67. The minimum absolute atomic E-state index is 0.307. The van der Waals surface area contributed by atoms with Gasteiger partial charge in [0.1, 0.15) is 5.54 Å². The smallest absolute Gasteiger partial charge is 0.324 e. The monoisotopic (exact) mass is 211 g/mol. The molecule has 2 aliphatic rings. The summed E-state index contributed by atoms with van der Waals surface area (Å²) in [7, 11) is 0. The predicted octanol–water partition coefficient (Wildman–Crippen LogP) is 2.12. The lowest BCUT2D eigenvalue weighted by Gasteiger charge is -2.45. The van der Waals surface area contributed by atoms with E-state index in [2.05, 4.69) is 11.8 Å². The van der Waals surface area contributed by atoms with E-state index in [1.165, 1.54) is 19.3 Å². The number of nitrogens with zero attached hydrogens (tertiary/aromatic N) is 1. The predicted molar refractivity (Wildman–Crippen MR) is 58.8 cm³/mol. The van der Waals surface area contributed by atoms with E-state index in [0.717, 1.165) is 32.4 Å². The Morgan fingerprint density at radius 1 is 1.27 bits per heavy atom. The van der Waals surface area contributed by atoms with Gasteiger partial charge >= 0.3 is 5.97 Å². The highest BCUT2D eigenvalue weighted by Gasteiger charge is 2.50. The fourth-order valence-corrected chi connectivity index (χ4v) is 3.37. The van der Waals surface area contributed by atoms with Gasteiger partial charge in [0.25, 0.3) is 0 Å². The standard InChI is InChI=1S/C12H21NO2/c1-10-6-2-3-7-12(10,11(14)15)13-8-4-5-9-13/h10H,2-9H2,1H3,(H,14,15). The van der Waals surface area contributed by atoms with Crippen molar-refractivity contribution in [1.82, 2.24) is 4.90 Å². The Morgan fingerprint density at radius 3 is 2.47 bits per heavy atom. The van der Waals surface area contributed by atoms with E-state index in [9.17, 15) is 9.90 Å². The molecule has 0 spiro atoms. The third-order valence-corrected chi connectivity index (χ3v) is 4.30. The van der Waals surface area contributed by atoms with E-state index in [1.54, 1.807) is 0 Å². The molecular weight excluding hydrogens is 190 g/mol. The van der Waals surface area contributed by atoms with Gasteiger partial charge < -0.3 is 5.11 Å². The highest BCUT2D eigenvalue weighted by Crippen LogP contribution is 2.40. The van der Waals surface area contributed by atoms with Crippen molar-refractivity contribution in [3.05, 3.63) is 0 Å². The summed E-state index contributed by atoms with van der Waals surface area (Å²) >= 11 is 0. The average Bonchev–Trinajstić information content (AvgIpc) is 2.71. The Labute approximate surface area is 91.5 Å². The number of hydrogen-bond acceptors (Lipinski definition) is 2. The highest BCUT2D eigenvalue weighted by atomic mass is 16.4. The molecule has 0 aromatic carbocycles. The summed E-state index contributed by atoms with van der Waals surface area (Å²) in [6.45, 7) is 4.08. The Kier molecular flexibility index (Phi) is 3.01. The van der Waals surface area contributed by atoms with Crippen LogP contribution in [0.1, 0.15) is 45.4 Å². The van der Waals surface area contributed by atoms with Crippen LogP contribution in [-0.2, 0) is 4.79 Å². The van der Waals surface area contributed by atoms with Crippen LogP contribution < -0.4 is 0 Å². The van der Waals surface area contributed by atoms with Gasteiger partial charge in [-0.1, -0.05) is 19.8 Å². The van der Waals surface area contributed by atoms with Crippen molar-refractivity contribution in [2.45, 2.75) is 51.0 Å². The molecule has 0 radical (unpaired) electrons. The molecule has 3 heteroatoms. The van der Waals surface area contributed by atoms with Gasteiger partial charge in [-0.15, -0.1) is 0 Å². The average molecular weight is 211 g/mol. The molecule has 1 saturated heterocycles. The number of carbonyl (C=O) groups is 1. The lowest BCUT2D eigenvalue weighted by molar-refractivity contribution is -0.157. The number of likely N-dealkylation sites (tertiary alicyclic amines) is 1. The molecule has 0 aromatic heterocycles. The van der Waals surface area contributed by atoms with Gasteiger partial charge in [0.15, 0.2) is 0 Å². The van der Waals surface area contributed by atoms with Crippen molar-refractivity contribution in [3.8, 4) is 0 Å². The summed E-state index contributed by atoms with van der Waals surface area (Å²) in [6, 6.07) is 0. The summed E-state index contributed by atoms with van der Waals surface area (Å²) in [5.74, 6) is -0.279. The van der Waals surface area contributed by atoms with Crippen LogP contribution in [0.3, 0.4) is 0 Å². The first-order valence-electron chi connectivity index (χ1n) is 6.16. The fraction of sp³-hybridized carbons (Fsp3) is 0.917. The van der Waals surface area contributed by atoms with Gasteiger partial charge in [-0.3, -0.25) is 9.69 Å². The maximum Gasteiger partial charge on any atom is 0.324 e. The molecule has 0 bridgehead atoms. The molecule has 86 valence electrons. The van der Waals surface area contributed by atoms with Crippen LogP contribution >= 0.6 is 0 Å². The van der Waals surface area contributed by atoms with Gasteiger partial charge in [-0.05, 0) is 44.7 Å². The molecular formula is C12H21NO2. The van der Waals surface area contributed by atoms with Crippen LogP contribution in [0.4, 0.5) is 0 Å². The Hall–Kier alpha value is -0.570. The van der Waals surface area contributed by atoms with E-state index in [1.807, 2.05) is 0 Å². The van der Waals surface area contributed by atoms with Crippen molar-refractivity contribution in [3.63, 3.8) is 0 Å². The minimum atomic E-state index is -0.586. The number of rotatable bonds is 2. The topological polar surface area (TPSA) is 40.5 Å².